The van der Waals surface area contributed by atoms with Crippen molar-refractivity contribution >= 4 is 17.6 Å². The highest BCUT2D eigenvalue weighted by Crippen LogP contribution is 2.23. The van der Waals surface area contributed by atoms with Crippen LogP contribution in [0.5, 0.6) is 11.5 Å². The van der Waals surface area contributed by atoms with Gasteiger partial charge in [0.25, 0.3) is 5.91 Å². The van der Waals surface area contributed by atoms with Gasteiger partial charge in [0.05, 0.1) is 19.9 Å². The molecule has 4 aromatic rings. The fourth-order valence-corrected chi connectivity index (χ4v) is 5.01. The normalized spacial score (nSPS) is 13.3. The Morgan fingerprint density at radius 3 is 2.29 bits per heavy atom. The number of nitrogens with zero attached hydrogens (tertiary/aromatic N) is 5. The molecule has 0 aliphatic carbocycles. The first kappa shape index (κ1) is 28.6. The number of hydrogen-bond donors (Lipinski definition) is 0. The Bertz CT molecular complexity index is 1480. The molecule has 2 amide bonds. The van der Waals surface area contributed by atoms with Crippen molar-refractivity contribution in [3.05, 3.63) is 102 Å². The molecule has 42 heavy (non-hydrogen) atoms. The molecule has 0 radical (unpaired) electrons. The van der Waals surface area contributed by atoms with Crippen LogP contribution in [0.2, 0.25) is 0 Å². The molecule has 0 atom stereocenters. The van der Waals surface area contributed by atoms with E-state index in [9.17, 15) is 9.59 Å². The SMILES string of the molecule is COc1ccc(C(=O)N(CC(=O)N2CCCN(c3ccc(-c4cccc(OC)c4)nn3)CC2)Cc2ccccc2)cc1. The van der Waals surface area contributed by atoms with Crippen LogP contribution in [0.15, 0.2) is 91.0 Å². The van der Waals surface area contributed by atoms with E-state index in [0.29, 0.717) is 37.5 Å². The first-order valence-electron chi connectivity index (χ1n) is 14.0. The maximum atomic E-state index is 13.5. The lowest BCUT2D eigenvalue weighted by Crippen LogP contribution is -2.44. The van der Waals surface area contributed by atoms with Gasteiger partial charge in [-0.2, -0.15) is 0 Å². The molecular formula is C33H35N5O4. The van der Waals surface area contributed by atoms with Crippen molar-refractivity contribution in [2.24, 2.45) is 0 Å². The van der Waals surface area contributed by atoms with Gasteiger partial charge < -0.3 is 24.2 Å². The van der Waals surface area contributed by atoms with Crippen LogP contribution in [0.4, 0.5) is 5.82 Å². The number of ether oxygens (including phenoxy) is 2. The van der Waals surface area contributed by atoms with Gasteiger partial charge in [0.2, 0.25) is 5.91 Å². The molecule has 9 heteroatoms. The summed E-state index contributed by atoms with van der Waals surface area (Å²) in [5.74, 6) is 1.94. The van der Waals surface area contributed by atoms with Gasteiger partial charge in [0.15, 0.2) is 5.82 Å². The summed E-state index contributed by atoms with van der Waals surface area (Å²) in [7, 11) is 3.23. The predicted octanol–water partition coefficient (Wildman–Crippen LogP) is 4.54. The third-order valence-corrected chi connectivity index (χ3v) is 7.36. The maximum Gasteiger partial charge on any atom is 0.254 e. The quantitative estimate of drug-likeness (QED) is 0.294. The van der Waals surface area contributed by atoms with Crippen LogP contribution < -0.4 is 14.4 Å². The van der Waals surface area contributed by atoms with E-state index >= 15 is 0 Å². The van der Waals surface area contributed by atoms with E-state index in [1.807, 2.05) is 71.6 Å². The topological polar surface area (TPSA) is 88.1 Å². The van der Waals surface area contributed by atoms with E-state index in [-0.39, 0.29) is 18.4 Å². The molecule has 1 aliphatic rings. The van der Waals surface area contributed by atoms with Crippen molar-refractivity contribution < 1.29 is 19.1 Å². The smallest absolute Gasteiger partial charge is 0.254 e. The Labute approximate surface area is 246 Å². The van der Waals surface area contributed by atoms with Gasteiger partial charge in [-0.15, -0.1) is 10.2 Å². The van der Waals surface area contributed by atoms with Gasteiger partial charge in [0.1, 0.15) is 18.0 Å². The van der Waals surface area contributed by atoms with Gasteiger partial charge in [-0.25, -0.2) is 0 Å². The second-order valence-corrected chi connectivity index (χ2v) is 10.1. The molecule has 1 fully saturated rings. The monoisotopic (exact) mass is 565 g/mol. The average molecular weight is 566 g/mol. The Morgan fingerprint density at radius 1 is 0.786 bits per heavy atom. The Kier molecular flexibility index (Phi) is 9.28. The molecule has 0 bridgehead atoms. The van der Waals surface area contributed by atoms with Gasteiger partial charge in [-0.3, -0.25) is 9.59 Å². The van der Waals surface area contributed by atoms with Crippen LogP contribution in [0, 0.1) is 0 Å². The summed E-state index contributed by atoms with van der Waals surface area (Å²) >= 11 is 0. The summed E-state index contributed by atoms with van der Waals surface area (Å²) in [5, 5.41) is 8.92. The molecule has 0 spiro atoms. The number of rotatable bonds is 9. The number of hydrogen-bond acceptors (Lipinski definition) is 7. The van der Waals surface area contributed by atoms with E-state index in [0.717, 1.165) is 41.4 Å². The molecule has 1 aliphatic heterocycles. The van der Waals surface area contributed by atoms with Crippen molar-refractivity contribution in [3.63, 3.8) is 0 Å². The summed E-state index contributed by atoms with van der Waals surface area (Å²) < 4.78 is 10.6. The third kappa shape index (κ3) is 7.04. The zero-order chi connectivity index (χ0) is 29.3. The lowest BCUT2D eigenvalue weighted by molar-refractivity contribution is -0.131. The molecule has 0 N–H and O–H groups in total. The lowest BCUT2D eigenvalue weighted by Gasteiger charge is -2.27. The number of benzene rings is 3. The highest BCUT2D eigenvalue weighted by atomic mass is 16.5. The molecule has 5 rings (SSSR count). The summed E-state index contributed by atoms with van der Waals surface area (Å²) in [4.78, 5) is 32.7. The Morgan fingerprint density at radius 2 is 1.57 bits per heavy atom. The average Bonchev–Trinajstić information content (AvgIpc) is 3.31. The first-order valence-corrected chi connectivity index (χ1v) is 14.0. The number of amides is 2. The molecule has 1 saturated heterocycles. The summed E-state index contributed by atoms with van der Waals surface area (Å²) in [5.41, 5.74) is 3.18. The summed E-state index contributed by atoms with van der Waals surface area (Å²) in [6.45, 7) is 2.87. The van der Waals surface area contributed by atoms with Gasteiger partial charge >= 0.3 is 0 Å². The Balaban J connectivity index is 1.24. The zero-order valence-corrected chi connectivity index (χ0v) is 24.0. The van der Waals surface area contributed by atoms with Crippen molar-refractivity contribution in [2.75, 3.05) is 51.8 Å². The summed E-state index contributed by atoms with van der Waals surface area (Å²) in [6.07, 6.45) is 0.788. The van der Waals surface area contributed by atoms with Crippen LogP contribution in [-0.4, -0.2) is 78.8 Å². The standard InChI is InChI=1S/C33H35N5O4/c1-41-28-14-12-26(13-15-28)33(40)38(23-25-8-4-3-5-9-25)24-32(39)37-19-7-18-36(20-21-37)31-17-16-30(34-35-31)27-10-6-11-29(22-27)42-2/h3-6,8-17,22H,7,18-21,23-24H2,1-2H3. The number of carbonyl (C=O) groups excluding carboxylic acids is 2. The molecule has 216 valence electrons. The maximum absolute atomic E-state index is 13.5. The van der Waals surface area contributed by atoms with E-state index in [1.165, 1.54) is 0 Å². The van der Waals surface area contributed by atoms with E-state index in [1.54, 1.807) is 43.4 Å². The predicted molar refractivity (Wildman–Crippen MR) is 162 cm³/mol. The number of anilines is 1. The van der Waals surface area contributed by atoms with E-state index in [4.69, 9.17) is 9.47 Å². The molecule has 2 heterocycles. The van der Waals surface area contributed by atoms with E-state index in [2.05, 4.69) is 15.1 Å². The zero-order valence-electron chi connectivity index (χ0n) is 24.0. The molecule has 0 unspecified atom stereocenters. The largest absolute Gasteiger partial charge is 0.497 e. The van der Waals surface area contributed by atoms with Crippen molar-refractivity contribution in [1.82, 2.24) is 20.0 Å². The molecule has 0 saturated carbocycles. The minimum atomic E-state index is -0.197. The van der Waals surface area contributed by atoms with Crippen LogP contribution in [0.1, 0.15) is 22.3 Å². The van der Waals surface area contributed by atoms with E-state index < -0.39 is 0 Å². The number of aromatic nitrogens is 2. The minimum absolute atomic E-state index is 0.00516. The third-order valence-electron chi connectivity index (χ3n) is 7.36. The van der Waals surface area contributed by atoms with Crippen molar-refractivity contribution in [3.8, 4) is 22.8 Å². The van der Waals surface area contributed by atoms with Gasteiger partial charge in [0, 0.05) is 43.9 Å². The van der Waals surface area contributed by atoms with Crippen LogP contribution in [0.25, 0.3) is 11.3 Å². The minimum Gasteiger partial charge on any atom is -0.497 e. The van der Waals surface area contributed by atoms with Gasteiger partial charge in [-0.05, 0) is 60.5 Å². The number of carbonyl (C=O) groups is 2. The second-order valence-electron chi connectivity index (χ2n) is 10.1. The highest BCUT2D eigenvalue weighted by molar-refractivity contribution is 5.96. The van der Waals surface area contributed by atoms with Crippen LogP contribution in [0.3, 0.4) is 0 Å². The van der Waals surface area contributed by atoms with Crippen molar-refractivity contribution in [1.29, 1.82) is 0 Å². The molecule has 9 nitrogen and oxygen atoms in total. The van der Waals surface area contributed by atoms with Crippen LogP contribution >= 0.6 is 0 Å². The first-order chi connectivity index (χ1) is 20.5. The second kappa shape index (κ2) is 13.6. The highest BCUT2D eigenvalue weighted by Gasteiger charge is 2.25. The fourth-order valence-electron chi connectivity index (χ4n) is 5.01. The fraction of sp³-hybridized carbons (Fsp3) is 0.273. The number of methoxy groups -OCH3 is 2. The molecule has 1 aromatic heterocycles. The summed E-state index contributed by atoms with van der Waals surface area (Å²) in [6, 6.07) is 28.3. The molecule has 3 aromatic carbocycles. The lowest BCUT2D eigenvalue weighted by atomic mass is 10.1. The van der Waals surface area contributed by atoms with Crippen molar-refractivity contribution in [2.45, 2.75) is 13.0 Å². The van der Waals surface area contributed by atoms with Gasteiger partial charge in [-0.1, -0.05) is 42.5 Å². The Hall–Kier alpha value is -4.92. The van der Waals surface area contributed by atoms with Crippen LogP contribution in [-0.2, 0) is 11.3 Å². The molecular weight excluding hydrogens is 530 g/mol.